The van der Waals surface area contributed by atoms with E-state index in [0.29, 0.717) is 5.56 Å². The Kier molecular flexibility index (Phi) is 4.77. The van der Waals surface area contributed by atoms with Crippen LogP contribution in [0.2, 0.25) is 10.0 Å². The number of nitrogens with one attached hydrogen (secondary N) is 1. The standard InChI is InChI=1S/C14H9Cl2FN2OS/c15-8-2-1-3-9(16)12(8)14(20)19-11-5-4-7(13(18)21)6-10(11)17/h1-6H,(H2,18,21)(H,19,20). The first-order valence-electron chi connectivity index (χ1n) is 5.75. The third kappa shape index (κ3) is 3.50. The van der Waals surface area contributed by atoms with Gasteiger partial charge in [-0.15, -0.1) is 0 Å². The molecule has 0 unspecified atom stereocenters. The summed E-state index contributed by atoms with van der Waals surface area (Å²) in [6.45, 7) is 0. The zero-order valence-corrected chi connectivity index (χ0v) is 12.8. The summed E-state index contributed by atoms with van der Waals surface area (Å²) in [6.07, 6.45) is 0. The largest absolute Gasteiger partial charge is 0.389 e. The maximum atomic E-state index is 13.9. The van der Waals surface area contributed by atoms with Gasteiger partial charge in [-0.3, -0.25) is 4.79 Å². The second kappa shape index (κ2) is 6.39. The number of amides is 1. The molecular weight excluding hydrogens is 334 g/mol. The summed E-state index contributed by atoms with van der Waals surface area (Å²) in [5, 5.41) is 2.77. The maximum Gasteiger partial charge on any atom is 0.258 e. The van der Waals surface area contributed by atoms with Crippen LogP contribution in [0.1, 0.15) is 15.9 Å². The molecule has 1 amide bonds. The van der Waals surface area contributed by atoms with Crippen LogP contribution in [-0.4, -0.2) is 10.9 Å². The number of anilines is 1. The molecule has 0 atom stereocenters. The van der Waals surface area contributed by atoms with Crippen molar-refractivity contribution in [3.63, 3.8) is 0 Å². The van der Waals surface area contributed by atoms with Gasteiger partial charge in [-0.2, -0.15) is 0 Å². The Balaban J connectivity index is 2.30. The van der Waals surface area contributed by atoms with E-state index >= 15 is 0 Å². The second-order valence-electron chi connectivity index (χ2n) is 4.11. The van der Waals surface area contributed by atoms with Crippen LogP contribution in [0, 0.1) is 5.82 Å². The second-order valence-corrected chi connectivity index (χ2v) is 5.36. The SMILES string of the molecule is NC(=S)c1ccc(NC(=O)c2c(Cl)cccc2Cl)c(F)c1. The number of halogens is 3. The van der Waals surface area contributed by atoms with Crippen LogP contribution in [-0.2, 0) is 0 Å². The molecule has 0 fully saturated rings. The van der Waals surface area contributed by atoms with Crippen molar-refractivity contribution in [3.8, 4) is 0 Å². The van der Waals surface area contributed by atoms with E-state index in [0.717, 1.165) is 6.07 Å². The molecular formula is C14H9Cl2FN2OS. The summed E-state index contributed by atoms with van der Waals surface area (Å²) in [5.74, 6) is -1.26. The fourth-order valence-corrected chi connectivity index (χ4v) is 2.37. The lowest BCUT2D eigenvalue weighted by molar-refractivity contribution is 0.102. The molecule has 0 spiro atoms. The number of hydrogen-bond donors (Lipinski definition) is 2. The molecule has 2 aromatic rings. The van der Waals surface area contributed by atoms with Gasteiger partial charge in [0.15, 0.2) is 0 Å². The number of rotatable bonds is 3. The Morgan fingerprint density at radius 3 is 2.33 bits per heavy atom. The van der Waals surface area contributed by atoms with Crippen LogP contribution in [0.5, 0.6) is 0 Å². The summed E-state index contributed by atoms with van der Waals surface area (Å²) < 4.78 is 13.9. The molecule has 0 aliphatic rings. The highest BCUT2D eigenvalue weighted by Crippen LogP contribution is 2.26. The minimum absolute atomic E-state index is 0.0176. The van der Waals surface area contributed by atoms with E-state index in [1.807, 2.05) is 0 Å². The van der Waals surface area contributed by atoms with Crippen molar-refractivity contribution in [2.45, 2.75) is 0 Å². The Bertz CT molecular complexity index is 717. The fraction of sp³-hybridized carbons (Fsp3) is 0. The number of carbonyl (C=O) groups is 1. The van der Waals surface area contributed by atoms with Crippen molar-refractivity contribution < 1.29 is 9.18 Å². The van der Waals surface area contributed by atoms with Crippen molar-refractivity contribution in [3.05, 3.63) is 63.4 Å². The van der Waals surface area contributed by atoms with E-state index in [1.54, 1.807) is 6.07 Å². The van der Waals surface area contributed by atoms with E-state index in [9.17, 15) is 9.18 Å². The van der Waals surface area contributed by atoms with E-state index in [2.05, 4.69) is 5.32 Å². The fourth-order valence-electron chi connectivity index (χ4n) is 1.67. The van der Waals surface area contributed by atoms with Crippen LogP contribution in [0.15, 0.2) is 36.4 Å². The number of benzene rings is 2. The quantitative estimate of drug-likeness (QED) is 0.828. The van der Waals surface area contributed by atoms with Crippen LogP contribution < -0.4 is 11.1 Å². The van der Waals surface area contributed by atoms with E-state index < -0.39 is 11.7 Å². The number of thiocarbonyl (C=S) groups is 1. The van der Waals surface area contributed by atoms with Gasteiger partial charge in [0.1, 0.15) is 10.8 Å². The molecule has 21 heavy (non-hydrogen) atoms. The monoisotopic (exact) mass is 342 g/mol. The van der Waals surface area contributed by atoms with Gasteiger partial charge in [0.2, 0.25) is 0 Å². The average Bonchev–Trinajstić information content (AvgIpc) is 2.40. The van der Waals surface area contributed by atoms with E-state index in [1.165, 1.54) is 24.3 Å². The number of carbonyl (C=O) groups excluding carboxylic acids is 1. The average molecular weight is 343 g/mol. The lowest BCUT2D eigenvalue weighted by atomic mass is 10.1. The van der Waals surface area contributed by atoms with Crippen LogP contribution in [0.3, 0.4) is 0 Å². The molecule has 0 aromatic heterocycles. The third-order valence-electron chi connectivity index (χ3n) is 2.69. The predicted molar refractivity (Wildman–Crippen MR) is 86.7 cm³/mol. The van der Waals surface area contributed by atoms with Gasteiger partial charge in [-0.05, 0) is 30.3 Å². The molecule has 0 bridgehead atoms. The summed E-state index contributed by atoms with van der Waals surface area (Å²) in [4.78, 5) is 12.2. The van der Waals surface area contributed by atoms with E-state index in [-0.39, 0.29) is 26.3 Å². The smallest absolute Gasteiger partial charge is 0.258 e. The highest BCUT2D eigenvalue weighted by molar-refractivity contribution is 7.80. The van der Waals surface area contributed by atoms with Crippen molar-refractivity contribution in [1.82, 2.24) is 0 Å². The summed E-state index contributed by atoms with van der Waals surface area (Å²) in [7, 11) is 0. The first-order valence-corrected chi connectivity index (χ1v) is 6.91. The molecule has 7 heteroatoms. The molecule has 0 heterocycles. The van der Waals surface area contributed by atoms with Crippen LogP contribution in [0.25, 0.3) is 0 Å². The summed E-state index contributed by atoms with van der Waals surface area (Å²) in [6, 6.07) is 8.68. The maximum absolute atomic E-state index is 13.9. The van der Waals surface area contributed by atoms with Crippen LogP contribution >= 0.6 is 35.4 Å². The molecule has 0 saturated carbocycles. The molecule has 0 aliphatic carbocycles. The van der Waals surface area contributed by atoms with Gasteiger partial charge in [0.25, 0.3) is 5.91 Å². The van der Waals surface area contributed by atoms with Crippen molar-refractivity contribution >= 4 is 52.0 Å². The van der Waals surface area contributed by atoms with Gasteiger partial charge in [-0.25, -0.2) is 4.39 Å². The number of nitrogens with two attached hydrogens (primary N) is 1. The molecule has 108 valence electrons. The minimum Gasteiger partial charge on any atom is -0.389 e. The molecule has 2 rings (SSSR count). The topological polar surface area (TPSA) is 55.1 Å². The third-order valence-corrected chi connectivity index (χ3v) is 3.56. The first kappa shape index (κ1) is 15.7. The van der Waals surface area contributed by atoms with Gasteiger partial charge < -0.3 is 11.1 Å². The molecule has 0 radical (unpaired) electrons. The van der Waals surface area contributed by atoms with Gasteiger partial charge >= 0.3 is 0 Å². The Morgan fingerprint density at radius 2 is 1.81 bits per heavy atom. The van der Waals surface area contributed by atoms with Crippen molar-refractivity contribution in [2.75, 3.05) is 5.32 Å². The summed E-state index contributed by atoms with van der Waals surface area (Å²) in [5.41, 5.74) is 5.84. The zero-order chi connectivity index (χ0) is 15.6. The molecule has 2 aromatic carbocycles. The Morgan fingerprint density at radius 1 is 1.19 bits per heavy atom. The van der Waals surface area contributed by atoms with Gasteiger partial charge in [-0.1, -0.05) is 41.5 Å². The van der Waals surface area contributed by atoms with E-state index in [4.69, 9.17) is 41.2 Å². The molecule has 0 aliphatic heterocycles. The highest BCUT2D eigenvalue weighted by Gasteiger charge is 2.16. The highest BCUT2D eigenvalue weighted by atomic mass is 35.5. The normalized spacial score (nSPS) is 10.2. The number of hydrogen-bond acceptors (Lipinski definition) is 2. The van der Waals surface area contributed by atoms with Gasteiger partial charge in [0.05, 0.1) is 21.3 Å². The van der Waals surface area contributed by atoms with Crippen LogP contribution in [0.4, 0.5) is 10.1 Å². The van der Waals surface area contributed by atoms with Crippen molar-refractivity contribution in [2.24, 2.45) is 5.73 Å². The van der Waals surface area contributed by atoms with Crippen molar-refractivity contribution in [1.29, 1.82) is 0 Å². The predicted octanol–water partition coefficient (Wildman–Crippen LogP) is 4.02. The lowest BCUT2D eigenvalue weighted by Crippen LogP contribution is -2.15. The minimum atomic E-state index is -0.656. The Hall–Kier alpha value is -1.69. The molecule has 0 saturated heterocycles. The van der Waals surface area contributed by atoms with Gasteiger partial charge in [0, 0.05) is 5.56 Å². The molecule has 3 N–H and O–H groups in total. The summed E-state index contributed by atoms with van der Waals surface area (Å²) >= 11 is 16.6. The zero-order valence-electron chi connectivity index (χ0n) is 10.5. The lowest BCUT2D eigenvalue weighted by Gasteiger charge is -2.10. The Labute approximate surface area is 135 Å². The first-order chi connectivity index (χ1) is 9.90. The molecule has 3 nitrogen and oxygen atoms in total.